The van der Waals surface area contributed by atoms with Gasteiger partial charge in [-0.3, -0.25) is 13.7 Å². The largest absolute Gasteiger partial charge is 0.495 e. The number of hydrogen-bond acceptors (Lipinski definition) is 6. The SMILES string of the molecule is COC(=O)c1cn(C(=O)CN(c2ccc(OC)c(Cl)c2)S(=O)(=O)c2ccc(C)cc2)c2ccccc12. The van der Waals surface area contributed by atoms with Crippen molar-refractivity contribution in [1.29, 1.82) is 0 Å². The lowest BCUT2D eigenvalue weighted by molar-refractivity contribution is 0.0603. The molecule has 0 aliphatic carbocycles. The Kier molecular flexibility index (Phi) is 7.05. The standard InChI is InChI=1S/C26H23ClN2O6S/c1-17-8-11-19(12-9-17)36(32,33)29(18-10-13-24(34-2)22(27)14-18)16-25(30)28-15-21(26(31)35-3)20-6-4-5-7-23(20)28/h4-15H,16H2,1-3H3. The van der Waals surface area contributed by atoms with E-state index in [1.165, 1.54) is 55.3 Å². The molecule has 0 aliphatic heterocycles. The van der Waals surface area contributed by atoms with Crippen LogP contribution in [0.4, 0.5) is 5.69 Å². The molecule has 3 aromatic carbocycles. The lowest BCUT2D eigenvalue weighted by atomic mass is 10.2. The molecule has 1 heterocycles. The van der Waals surface area contributed by atoms with Crippen molar-refractivity contribution < 1.29 is 27.5 Å². The van der Waals surface area contributed by atoms with Crippen molar-refractivity contribution in [2.75, 3.05) is 25.1 Å². The Balaban J connectivity index is 1.82. The molecule has 186 valence electrons. The van der Waals surface area contributed by atoms with Gasteiger partial charge in [0.05, 0.1) is 40.9 Å². The second-order valence-corrected chi connectivity index (χ2v) is 10.2. The van der Waals surface area contributed by atoms with Gasteiger partial charge in [0.15, 0.2) is 0 Å². The van der Waals surface area contributed by atoms with Crippen LogP contribution < -0.4 is 9.04 Å². The summed E-state index contributed by atoms with van der Waals surface area (Å²) in [5.74, 6) is -0.827. The van der Waals surface area contributed by atoms with Crippen molar-refractivity contribution in [2.24, 2.45) is 0 Å². The van der Waals surface area contributed by atoms with Gasteiger partial charge in [-0.2, -0.15) is 0 Å². The van der Waals surface area contributed by atoms with Crippen LogP contribution >= 0.6 is 11.6 Å². The van der Waals surface area contributed by atoms with Crippen LogP contribution in [0, 0.1) is 6.92 Å². The second kappa shape index (κ2) is 10.0. The molecule has 36 heavy (non-hydrogen) atoms. The van der Waals surface area contributed by atoms with Crippen molar-refractivity contribution in [3.05, 3.63) is 89.1 Å². The number of aryl methyl sites for hydroxylation is 1. The first-order chi connectivity index (χ1) is 17.2. The lowest BCUT2D eigenvalue weighted by Gasteiger charge is -2.24. The Morgan fingerprint density at radius 2 is 1.69 bits per heavy atom. The summed E-state index contributed by atoms with van der Waals surface area (Å²) in [5, 5.41) is 0.698. The van der Waals surface area contributed by atoms with E-state index in [-0.39, 0.29) is 21.2 Å². The number of benzene rings is 3. The van der Waals surface area contributed by atoms with Crippen molar-refractivity contribution >= 4 is 50.1 Å². The molecule has 0 radical (unpaired) electrons. The summed E-state index contributed by atoms with van der Waals surface area (Å²) in [4.78, 5) is 25.9. The van der Waals surface area contributed by atoms with Gasteiger partial charge >= 0.3 is 5.97 Å². The molecule has 8 nitrogen and oxygen atoms in total. The number of nitrogens with zero attached hydrogens (tertiary/aromatic N) is 2. The third-order valence-electron chi connectivity index (χ3n) is 5.70. The molecule has 0 amide bonds. The highest BCUT2D eigenvalue weighted by atomic mass is 35.5. The summed E-state index contributed by atoms with van der Waals surface area (Å²) in [6, 6.07) is 17.6. The molecule has 0 spiro atoms. The summed E-state index contributed by atoms with van der Waals surface area (Å²) in [5.41, 5.74) is 1.71. The Bertz CT molecular complexity index is 1560. The first-order valence-electron chi connectivity index (χ1n) is 10.8. The van der Waals surface area contributed by atoms with Crippen LogP contribution in [0.3, 0.4) is 0 Å². The van der Waals surface area contributed by atoms with E-state index in [0.29, 0.717) is 16.7 Å². The number of sulfonamides is 1. The molecule has 4 rings (SSSR count). The van der Waals surface area contributed by atoms with Crippen molar-refractivity contribution in [3.8, 4) is 5.75 Å². The maximum Gasteiger partial charge on any atom is 0.340 e. The van der Waals surface area contributed by atoms with Gasteiger partial charge in [0.2, 0.25) is 0 Å². The minimum Gasteiger partial charge on any atom is -0.495 e. The van der Waals surface area contributed by atoms with Crippen LogP contribution in [0.2, 0.25) is 5.02 Å². The smallest absolute Gasteiger partial charge is 0.340 e. The molecule has 10 heteroatoms. The summed E-state index contributed by atoms with van der Waals surface area (Å²) in [7, 11) is -1.47. The number of aromatic nitrogens is 1. The van der Waals surface area contributed by atoms with E-state index in [9.17, 15) is 18.0 Å². The maximum absolute atomic E-state index is 13.7. The highest BCUT2D eigenvalue weighted by Crippen LogP contribution is 2.32. The van der Waals surface area contributed by atoms with Crippen molar-refractivity contribution in [1.82, 2.24) is 4.57 Å². The van der Waals surface area contributed by atoms with E-state index < -0.39 is 28.4 Å². The minimum absolute atomic E-state index is 0.0143. The molecule has 1 aromatic heterocycles. The molecular weight excluding hydrogens is 504 g/mol. The van der Waals surface area contributed by atoms with E-state index in [2.05, 4.69) is 0 Å². The number of ether oxygens (including phenoxy) is 2. The van der Waals surface area contributed by atoms with E-state index in [1.807, 2.05) is 6.92 Å². The fourth-order valence-corrected chi connectivity index (χ4v) is 5.48. The normalized spacial score (nSPS) is 11.3. The van der Waals surface area contributed by atoms with Crippen LogP contribution in [0.1, 0.15) is 20.7 Å². The molecule has 0 aliphatic rings. The third kappa shape index (κ3) is 4.67. The Hall–Kier alpha value is -3.82. The number of methoxy groups -OCH3 is 2. The number of esters is 1. The van der Waals surface area contributed by atoms with Gasteiger partial charge in [0, 0.05) is 11.6 Å². The minimum atomic E-state index is -4.17. The highest BCUT2D eigenvalue weighted by Gasteiger charge is 2.29. The van der Waals surface area contributed by atoms with E-state index in [1.54, 1.807) is 36.4 Å². The molecule has 4 aromatic rings. The van der Waals surface area contributed by atoms with Crippen molar-refractivity contribution in [2.45, 2.75) is 11.8 Å². The Morgan fingerprint density at radius 3 is 2.33 bits per heavy atom. The van der Waals surface area contributed by atoms with Crippen LogP contribution in [-0.2, 0) is 14.8 Å². The number of halogens is 1. The molecular formula is C26H23ClN2O6S. The molecule has 0 N–H and O–H groups in total. The van der Waals surface area contributed by atoms with Gasteiger partial charge in [-0.25, -0.2) is 13.2 Å². The van der Waals surface area contributed by atoms with Gasteiger partial charge < -0.3 is 9.47 Å². The molecule has 0 saturated carbocycles. The zero-order valence-electron chi connectivity index (χ0n) is 19.8. The number of hydrogen-bond donors (Lipinski definition) is 0. The van der Waals surface area contributed by atoms with Crippen LogP contribution in [0.25, 0.3) is 10.9 Å². The zero-order valence-corrected chi connectivity index (χ0v) is 21.3. The summed E-state index contributed by atoms with van der Waals surface area (Å²) >= 11 is 6.29. The van der Waals surface area contributed by atoms with E-state index >= 15 is 0 Å². The van der Waals surface area contributed by atoms with Crippen molar-refractivity contribution in [3.63, 3.8) is 0 Å². The molecule has 0 atom stereocenters. The number of fused-ring (bicyclic) bond motifs is 1. The Morgan fingerprint density at radius 1 is 1.00 bits per heavy atom. The molecule has 0 bridgehead atoms. The maximum atomic E-state index is 13.7. The predicted octanol–water partition coefficient (Wildman–Crippen LogP) is 4.93. The fraction of sp³-hybridized carbons (Fsp3) is 0.154. The van der Waals surface area contributed by atoms with Gasteiger partial charge in [-0.1, -0.05) is 47.5 Å². The quantitative estimate of drug-likeness (QED) is 0.317. The average Bonchev–Trinajstić information content (AvgIpc) is 3.26. The van der Waals surface area contributed by atoms with Crippen LogP contribution in [-0.4, -0.2) is 45.6 Å². The van der Waals surface area contributed by atoms with Gasteiger partial charge in [-0.05, 0) is 43.3 Å². The number of para-hydroxylation sites is 1. The molecule has 0 saturated heterocycles. The fourth-order valence-electron chi connectivity index (χ4n) is 3.82. The third-order valence-corrected chi connectivity index (χ3v) is 7.78. The first kappa shape index (κ1) is 25.3. The number of carbonyl (C=O) groups is 2. The number of anilines is 1. The molecule has 0 unspecified atom stereocenters. The number of rotatable bonds is 7. The number of carbonyl (C=O) groups excluding carboxylic acids is 2. The van der Waals surface area contributed by atoms with Gasteiger partial charge in [0.1, 0.15) is 12.3 Å². The van der Waals surface area contributed by atoms with E-state index in [4.69, 9.17) is 21.1 Å². The second-order valence-electron chi connectivity index (χ2n) is 7.96. The topological polar surface area (TPSA) is 94.9 Å². The average molecular weight is 527 g/mol. The monoisotopic (exact) mass is 526 g/mol. The summed E-state index contributed by atoms with van der Waals surface area (Å²) < 4.78 is 39.7. The van der Waals surface area contributed by atoms with Gasteiger partial charge in [0.25, 0.3) is 15.9 Å². The highest BCUT2D eigenvalue weighted by molar-refractivity contribution is 7.92. The van der Waals surface area contributed by atoms with Crippen LogP contribution in [0.15, 0.2) is 77.8 Å². The summed E-state index contributed by atoms with van der Waals surface area (Å²) in [6.07, 6.45) is 1.36. The first-order valence-corrected chi connectivity index (χ1v) is 12.6. The van der Waals surface area contributed by atoms with Gasteiger partial charge in [-0.15, -0.1) is 0 Å². The zero-order chi connectivity index (χ0) is 26.0. The lowest BCUT2D eigenvalue weighted by Crippen LogP contribution is -2.37. The Labute approximate surface area is 213 Å². The molecule has 0 fully saturated rings. The van der Waals surface area contributed by atoms with Crippen LogP contribution in [0.5, 0.6) is 5.75 Å². The summed E-state index contributed by atoms with van der Waals surface area (Å²) in [6.45, 7) is 1.29. The van der Waals surface area contributed by atoms with E-state index in [0.717, 1.165) is 9.87 Å². The predicted molar refractivity (Wildman–Crippen MR) is 138 cm³/mol.